The Kier molecular flexibility index (Phi) is 4.85. The molecule has 1 aliphatic rings. The van der Waals surface area contributed by atoms with Crippen LogP contribution in [0.2, 0.25) is 0 Å². The lowest BCUT2D eigenvalue weighted by Crippen LogP contribution is -2.38. The van der Waals surface area contributed by atoms with E-state index < -0.39 is 5.97 Å². The van der Waals surface area contributed by atoms with Crippen molar-refractivity contribution in [2.24, 2.45) is 0 Å². The summed E-state index contributed by atoms with van der Waals surface area (Å²) < 4.78 is 5.89. The van der Waals surface area contributed by atoms with Crippen molar-refractivity contribution in [2.75, 3.05) is 23.8 Å². The minimum Gasteiger partial charge on any atom is -0.452 e. The Morgan fingerprint density at radius 3 is 2.83 bits per heavy atom. The second-order valence-electron chi connectivity index (χ2n) is 5.59. The fraction of sp³-hybridized carbons (Fsp3) is 0.222. The highest BCUT2D eigenvalue weighted by molar-refractivity contribution is 9.10. The number of para-hydroxylation sites is 1. The van der Waals surface area contributed by atoms with Crippen molar-refractivity contribution in [1.82, 2.24) is 0 Å². The first-order chi connectivity index (χ1) is 11.6. The Morgan fingerprint density at radius 2 is 2.00 bits per heavy atom. The number of carbonyl (C=O) groups excluding carboxylic acids is 2. The van der Waals surface area contributed by atoms with E-state index in [-0.39, 0.29) is 18.1 Å². The van der Waals surface area contributed by atoms with Crippen molar-refractivity contribution < 1.29 is 14.3 Å². The van der Waals surface area contributed by atoms with Crippen LogP contribution >= 0.6 is 15.9 Å². The molecule has 0 spiro atoms. The van der Waals surface area contributed by atoms with Gasteiger partial charge in [-0.05, 0) is 42.7 Å². The molecule has 6 heteroatoms. The minimum atomic E-state index is -0.604. The van der Waals surface area contributed by atoms with Gasteiger partial charge in [-0.15, -0.1) is 0 Å². The van der Waals surface area contributed by atoms with Crippen LogP contribution in [0.3, 0.4) is 0 Å². The first-order valence-electron chi connectivity index (χ1n) is 7.66. The molecule has 24 heavy (non-hydrogen) atoms. The number of ether oxygens (including phenoxy) is 1. The maximum atomic E-state index is 12.5. The minimum absolute atomic E-state index is 0.232. The molecule has 0 fully saturated rings. The van der Waals surface area contributed by atoms with Gasteiger partial charge in [-0.25, -0.2) is 4.79 Å². The summed E-state index contributed by atoms with van der Waals surface area (Å²) in [6, 6.07) is 12.7. The number of esters is 1. The Morgan fingerprint density at radius 1 is 1.21 bits per heavy atom. The van der Waals surface area contributed by atoms with Gasteiger partial charge in [0.25, 0.3) is 5.91 Å². The van der Waals surface area contributed by atoms with Gasteiger partial charge in [0.1, 0.15) is 0 Å². The molecule has 0 bridgehead atoms. The molecule has 5 nitrogen and oxygen atoms in total. The zero-order valence-electron chi connectivity index (χ0n) is 13.0. The van der Waals surface area contributed by atoms with E-state index in [0.29, 0.717) is 12.2 Å². The van der Waals surface area contributed by atoms with Gasteiger partial charge in [0.05, 0.1) is 5.56 Å². The fourth-order valence-corrected chi connectivity index (χ4v) is 3.14. The van der Waals surface area contributed by atoms with Crippen LogP contribution in [0.4, 0.5) is 11.4 Å². The van der Waals surface area contributed by atoms with Gasteiger partial charge in [0, 0.05) is 22.4 Å². The van der Waals surface area contributed by atoms with E-state index >= 15 is 0 Å². The monoisotopic (exact) mass is 388 g/mol. The molecule has 1 heterocycles. The normalized spacial score (nSPS) is 13.3. The molecular formula is C18H17BrN2O3. The predicted octanol–water partition coefficient (Wildman–Crippen LogP) is 3.17. The number of amides is 1. The Bertz CT molecular complexity index is 792. The van der Waals surface area contributed by atoms with Crippen LogP contribution in [0.5, 0.6) is 0 Å². The molecule has 0 unspecified atom stereocenters. The number of nitrogens with zero attached hydrogens (tertiary/aromatic N) is 1. The number of halogens is 1. The number of anilines is 2. The second-order valence-corrected chi connectivity index (χ2v) is 6.50. The average Bonchev–Trinajstić information content (AvgIpc) is 2.61. The van der Waals surface area contributed by atoms with Gasteiger partial charge in [-0.1, -0.05) is 34.1 Å². The molecule has 1 amide bonds. The third kappa shape index (κ3) is 3.43. The lowest BCUT2D eigenvalue weighted by Gasteiger charge is -2.29. The van der Waals surface area contributed by atoms with E-state index in [2.05, 4.69) is 15.9 Å². The third-order valence-corrected chi connectivity index (χ3v) is 4.47. The molecule has 0 aliphatic carbocycles. The molecular weight excluding hydrogens is 372 g/mol. The van der Waals surface area contributed by atoms with Crippen LogP contribution in [-0.4, -0.2) is 25.0 Å². The number of nitrogens with two attached hydrogens (primary N) is 1. The number of aryl methyl sites for hydroxylation is 1. The number of carbonyl (C=O) groups is 2. The number of rotatable bonds is 3. The van der Waals surface area contributed by atoms with E-state index in [4.69, 9.17) is 10.5 Å². The topological polar surface area (TPSA) is 72.6 Å². The highest BCUT2D eigenvalue weighted by Crippen LogP contribution is 2.27. The highest BCUT2D eigenvalue weighted by Gasteiger charge is 2.23. The zero-order chi connectivity index (χ0) is 17.1. The van der Waals surface area contributed by atoms with Crippen molar-refractivity contribution in [3.63, 3.8) is 0 Å². The second kappa shape index (κ2) is 7.05. The highest BCUT2D eigenvalue weighted by atomic mass is 79.9. The summed E-state index contributed by atoms with van der Waals surface area (Å²) in [5.41, 5.74) is 8.38. The van der Waals surface area contributed by atoms with Gasteiger partial charge in [0.2, 0.25) is 0 Å². The average molecular weight is 389 g/mol. The molecule has 0 saturated heterocycles. The summed E-state index contributed by atoms with van der Waals surface area (Å²) >= 11 is 3.29. The maximum Gasteiger partial charge on any atom is 0.340 e. The number of nitrogen functional groups attached to an aromatic ring is 1. The van der Waals surface area contributed by atoms with E-state index in [1.165, 1.54) is 0 Å². The third-order valence-electron chi connectivity index (χ3n) is 3.97. The number of benzene rings is 2. The van der Waals surface area contributed by atoms with Gasteiger partial charge in [-0.2, -0.15) is 0 Å². The standard InChI is InChI=1S/C18H17BrN2O3/c19-13-7-8-15(20)14(10-13)18(23)24-11-17(22)21-9-3-5-12-4-1-2-6-16(12)21/h1-2,4,6-8,10H,3,5,9,11,20H2. The number of hydrogen-bond acceptors (Lipinski definition) is 4. The van der Waals surface area contributed by atoms with Crippen LogP contribution in [-0.2, 0) is 16.0 Å². The van der Waals surface area contributed by atoms with Crippen molar-refractivity contribution >= 4 is 39.2 Å². The van der Waals surface area contributed by atoms with Gasteiger partial charge >= 0.3 is 5.97 Å². The first kappa shape index (κ1) is 16.5. The zero-order valence-corrected chi connectivity index (χ0v) is 14.6. The van der Waals surface area contributed by atoms with E-state index in [1.54, 1.807) is 23.1 Å². The van der Waals surface area contributed by atoms with Crippen molar-refractivity contribution in [3.05, 3.63) is 58.1 Å². The van der Waals surface area contributed by atoms with Crippen LogP contribution < -0.4 is 10.6 Å². The number of fused-ring (bicyclic) bond motifs is 1. The summed E-state index contributed by atoms with van der Waals surface area (Å²) in [5.74, 6) is -0.837. The van der Waals surface area contributed by atoms with Gasteiger partial charge < -0.3 is 15.4 Å². The molecule has 2 aromatic rings. The van der Waals surface area contributed by atoms with Crippen LogP contribution in [0.1, 0.15) is 22.3 Å². The summed E-state index contributed by atoms with van der Waals surface area (Å²) in [5, 5.41) is 0. The first-order valence-corrected chi connectivity index (χ1v) is 8.46. The molecule has 3 rings (SSSR count). The van der Waals surface area contributed by atoms with E-state index in [9.17, 15) is 9.59 Å². The smallest absolute Gasteiger partial charge is 0.340 e. The van der Waals surface area contributed by atoms with Crippen molar-refractivity contribution in [2.45, 2.75) is 12.8 Å². The van der Waals surface area contributed by atoms with Crippen LogP contribution in [0, 0.1) is 0 Å². The maximum absolute atomic E-state index is 12.5. The molecule has 2 N–H and O–H groups in total. The summed E-state index contributed by atoms with van der Waals surface area (Å²) in [7, 11) is 0. The Hall–Kier alpha value is -2.34. The molecule has 2 aromatic carbocycles. The number of hydrogen-bond donors (Lipinski definition) is 1. The fourth-order valence-electron chi connectivity index (χ4n) is 2.78. The largest absolute Gasteiger partial charge is 0.452 e. The van der Waals surface area contributed by atoms with Gasteiger partial charge in [0.15, 0.2) is 6.61 Å². The molecule has 0 aromatic heterocycles. The lowest BCUT2D eigenvalue weighted by atomic mass is 10.0. The van der Waals surface area contributed by atoms with E-state index in [1.807, 2.05) is 24.3 Å². The molecule has 124 valence electrons. The van der Waals surface area contributed by atoms with E-state index in [0.717, 1.165) is 28.6 Å². The molecule has 1 aliphatic heterocycles. The predicted molar refractivity (Wildman–Crippen MR) is 96.0 cm³/mol. The molecule has 0 atom stereocenters. The quantitative estimate of drug-likeness (QED) is 0.647. The van der Waals surface area contributed by atoms with Gasteiger partial charge in [-0.3, -0.25) is 4.79 Å². The molecule has 0 radical (unpaired) electrons. The lowest BCUT2D eigenvalue weighted by molar-refractivity contribution is -0.121. The Labute approximate surface area is 148 Å². The van der Waals surface area contributed by atoms with Crippen LogP contribution in [0.25, 0.3) is 0 Å². The summed E-state index contributed by atoms with van der Waals surface area (Å²) in [6.45, 7) is 0.325. The van der Waals surface area contributed by atoms with Crippen LogP contribution in [0.15, 0.2) is 46.9 Å². The summed E-state index contributed by atoms with van der Waals surface area (Å²) in [6.07, 6.45) is 1.85. The van der Waals surface area contributed by atoms with Crippen molar-refractivity contribution in [3.8, 4) is 0 Å². The summed E-state index contributed by atoms with van der Waals surface area (Å²) in [4.78, 5) is 26.3. The Balaban J connectivity index is 1.68. The van der Waals surface area contributed by atoms with Crippen molar-refractivity contribution in [1.29, 1.82) is 0 Å². The molecule has 0 saturated carbocycles. The SMILES string of the molecule is Nc1ccc(Br)cc1C(=O)OCC(=O)N1CCCc2ccccc21.